The molecular formula is C6H11Cl3O. The summed E-state index contributed by atoms with van der Waals surface area (Å²) in [4.78, 5) is 0. The van der Waals surface area contributed by atoms with Crippen LogP contribution in [0.1, 0.15) is 13.8 Å². The van der Waals surface area contributed by atoms with Gasteiger partial charge in [-0.25, -0.2) is 0 Å². The Morgan fingerprint density at radius 2 is 1.90 bits per heavy atom. The Morgan fingerprint density at radius 1 is 1.40 bits per heavy atom. The van der Waals surface area contributed by atoms with E-state index >= 15 is 0 Å². The van der Waals surface area contributed by atoms with Gasteiger partial charge in [0.1, 0.15) is 0 Å². The number of hydrogen-bond donors (Lipinski definition) is 0. The SMILES string of the molecule is CCOCC(C)C(Cl)(Cl)Cl. The maximum Gasteiger partial charge on any atom is 0.195 e. The lowest BCUT2D eigenvalue weighted by Crippen LogP contribution is -2.21. The lowest BCUT2D eigenvalue weighted by Gasteiger charge is -2.19. The first-order valence-electron chi connectivity index (χ1n) is 3.13. The Balaban J connectivity index is 3.52. The zero-order chi connectivity index (χ0) is 8.20. The fraction of sp³-hybridized carbons (Fsp3) is 1.00. The normalized spacial score (nSPS) is 15.3. The second-order valence-electron chi connectivity index (χ2n) is 2.10. The van der Waals surface area contributed by atoms with Gasteiger partial charge < -0.3 is 4.74 Å². The molecule has 0 aromatic carbocycles. The largest absolute Gasteiger partial charge is 0.381 e. The van der Waals surface area contributed by atoms with Crippen molar-refractivity contribution in [3.8, 4) is 0 Å². The predicted molar refractivity (Wildman–Crippen MR) is 45.9 cm³/mol. The summed E-state index contributed by atoms with van der Waals surface area (Å²) in [6.45, 7) is 4.89. The number of alkyl halides is 3. The molecule has 0 fully saturated rings. The zero-order valence-corrected chi connectivity index (χ0v) is 8.30. The Labute approximate surface area is 76.6 Å². The van der Waals surface area contributed by atoms with Crippen molar-refractivity contribution in [2.24, 2.45) is 5.92 Å². The van der Waals surface area contributed by atoms with Gasteiger partial charge in [0.25, 0.3) is 0 Å². The van der Waals surface area contributed by atoms with E-state index in [4.69, 9.17) is 39.5 Å². The van der Waals surface area contributed by atoms with Crippen LogP contribution in [0.4, 0.5) is 0 Å². The average Bonchev–Trinajstić information content (AvgIpc) is 1.80. The predicted octanol–water partition coefficient (Wildman–Crippen LogP) is 3.03. The van der Waals surface area contributed by atoms with E-state index in [-0.39, 0.29) is 5.92 Å². The average molecular weight is 206 g/mol. The lowest BCUT2D eigenvalue weighted by atomic mass is 10.2. The summed E-state index contributed by atoms with van der Waals surface area (Å²) in [5.41, 5.74) is 0. The van der Waals surface area contributed by atoms with Gasteiger partial charge in [0.2, 0.25) is 0 Å². The summed E-state index contributed by atoms with van der Waals surface area (Å²) in [6, 6.07) is 0. The second-order valence-corrected chi connectivity index (χ2v) is 4.47. The molecule has 4 heteroatoms. The van der Waals surface area contributed by atoms with Crippen LogP contribution in [0, 0.1) is 5.92 Å². The minimum Gasteiger partial charge on any atom is -0.381 e. The van der Waals surface area contributed by atoms with Crippen LogP contribution in [0.5, 0.6) is 0 Å². The smallest absolute Gasteiger partial charge is 0.195 e. The molecule has 0 aromatic rings. The highest BCUT2D eigenvalue weighted by Gasteiger charge is 2.28. The Morgan fingerprint density at radius 3 is 2.20 bits per heavy atom. The molecule has 0 aliphatic heterocycles. The summed E-state index contributed by atoms with van der Waals surface area (Å²) >= 11 is 16.7. The van der Waals surface area contributed by atoms with E-state index in [1.807, 2.05) is 13.8 Å². The summed E-state index contributed by atoms with van der Waals surface area (Å²) in [5, 5.41) is 0. The molecule has 0 N–H and O–H groups in total. The van der Waals surface area contributed by atoms with Crippen molar-refractivity contribution in [1.82, 2.24) is 0 Å². The molecule has 0 radical (unpaired) electrons. The molecule has 0 saturated heterocycles. The third kappa shape index (κ3) is 4.62. The topological polar surface area (TPSA) is 9.23 Å². The van der Waals surface area contributed by atoms with Gasteiger partial charge in [-0.15, -0.1) is 0 Å². The molecule has 0 rings (SSSR count). The van der Waals surface area contributed by atoms with Crippen LogP contribution in [-0.4, -0.2) is 17.0 Å². The van der Waals surface area contributed by atoms with E-state index in [0.717, 1.165) is 0 Å². The first-order chi connectivity index (χ1) is 4.48. The first-order valence-corrected chi connectivity index (χ1v) is 4.26. The Hall–Kier alpha value is 0.830. The van der Waals surface area contributed by atoms with Crippen LogP contribution in [0.25, 0.3) is 0 Å². The van der Waals surface area contributed by atoms with Gasteiger partial charge in [-0.1, -0.05) is 41.7 Å². The molecule has 1 unspecified atom stereocenters. The fourth-order valence-electron chi connectivity index (χ4n) is 0.389. The van der Waals surface area contributed by atoms with E-state index in [2.05, 4.69) is 0 Å². The van der Waals surface area contributed by atoms with Gasteiger partial charge in [-0.3, -0.25) is 0 Å². The molecule has 0 saturated carbocycles. The van der Waals surface area contributed by atoms with Crippen LogP contribution in [0.3, 0.4) is 0 Å². The molecule has 0 heterocycles. The summed E-state index contributed by atoms with van der Waals surface area (Å²) in [7, 11) is 0. The fourth-order valence-corrected chi connectivity index (χ4v) is 0.578. The molecule has 1 atom stereocenters. The van der Waals surface area contributed by atoms with Crippen LogP contribution < -0.4 is 0 Å². The van der Waals surface area contributed by atoms with Gasteiger partial charge in [0, 0.05) is 12.5 Å². The lowest BCUT2D eigenvalue weighted by molar-refractivity contribution is 0.117. The number of hydrogen-bond acceptors (Lipinski definition) is 1. The van der Waals surface area contributed by atoms with E-state index in [1.165, 1.54) is 0 Å². The molecule has 0 aliphatic rings. The maximum atomic E-state index is 5.57. The Bertz CT molecular complexity index is 89.5. The van der Waals surface area contributed by atoms with Crippen molar-refractivity contribution in [1.29, 1.82) is 0 Å². The van der Waals surface area contributed by atoms with Crippen LogP contribution >= 0.6 is 34.8 Å². The van der Waals surface area contributed by atoms with Gasteiger partial charge in [-0.05, 0) is 6.92 Å². The highest BCUT2D eigenvalue weighted by Crippen LogP contribution is 2.34. The van der Waals surface area contributed by atoms with Crippen molar-refractivity contribution in [2.75, 3.05) is 13.2 Å². The highest BCUT2D eigenvalue weighted by molar-refractivity contribution is 6.67. The van der Waals surface area contributed by atoms with E-state index in [9.17, 15) is 0 Å². The van der Waals surface area contributed by atoms with Crippen LogP contribution in [0.2, 0.25) is 0 Å². The summed E-state index contributed by atoms with van der Waals surface area (Å²) < 4.78 is 3.87. The van der Waals surface area contributed by atoms with E-state index in [0.29, 0.717) is 13.2 Å². The summed E-state index contributed by atoms with van der Waals surface area (Å²) in [5.74, 6) is -0.0579. The number of halogens is 3. The minimum absolute atomic E-state index is 0.0579. The molecule has 0 bridgehead atoms. The van der Waals surface area contributed by atoms with Crippen molar-refractivity contribution < 1.29 is 4.74 Å². The molecule has 62 valence electrons. The maximum absolute atomic E-state index is 5.57. The van der Waals surface area contributed by atoms with Gasteiger partial charge in [0.05, 0.1) is 6.61 Å². The molecule has 0 aliphatic carbocycles. The number of rotatable bonds is 3. The standard InChI is InChI=1S/C6H11Cl3O/c1-3-10-4-5(2)6(7,8)9/h5H,3-4H2,1-2H3. The van der Waals surface area contributed by atoms with Gasteiger partial charge in [-0.2, -0.15) is 0 Å². The Kier molecular flexibility index (Phi) is 5.04. The monoisotopic (exact) mass is 204 g/mol. The molecule has 0 aromatic heterocycles. The molecular weight excluding hydrogens is 194 g/mol. The zero-order valence-electron chi connectivity index (χ0n) is 6.03. The van der Waals surface area contributed by atoms with Crippen LogP contribution in [0.15, 0.2) is 0 Å². The van der Waals surface area contributed by atoms with Crippen molar-refractivity contribution in [2.45, 2.75) is 17.6 Å². The van der Waals surface area contributed by atoms with Crippen molar-refractivity contribution >= 4 is 34.8 Å². The third-order valence-corrected chi connectivity index (χ3v) is 2.25. The molecule has 10 heavy (non-hydrogen) atoms. The van der Waals surface area contributed by atoms with Gasteiger partial charge >= 0.3 is 0 Å². The number of ether oxygens (including phenoxy) is 1. The van der Waals surface area contributed by atoms with Crippen molar-refractivity contribution in [3.05, 3.63) is 0 Å². The molecule has 1 nitrogen and oxygen atoms in total. The van der Waals surface area contributed by atoms with E-state index in [1.54, 1.807) is 0 Å². The first kappa shape index (κ1) is 10.8. The quantitative estimate of drug-likeness (QED) is 0.644. The van der Waals surface area contributed by atoms with Gasteiger partial charge in [0.15, 0.2) is 3.79 Å². The van der Waals surface area contributed by atoms with E-state index < -0.39 is 3.79 Å². The van der Waals surface area contributed by atoms with Crippen LogP contribution in [-0.2, 0) is 4.74 Å². The third-order valence-electron chi connectivity index (χ3n) is 1.13. The second kappa shape index (κ2) is 4.66. The summed E-state index contributed by atoms with van der Waals surface area (Å²) in [6.07, 6.45) is 0. The van der Waals surface area contributed by atoms with Crippen molar-refractivity contribution in [3.63, 3.8) is 0 Å². The minimum atomic E-state index is -1.20. The molecule has 0 amide bonds. The molecule has 0 spiro atoms. The highest BCUT2D eigenvalue weighted by atomic mass is 35.6.